The Morgan fingerprint density at radius 2 is 2.45 bits per heavy atom. The van der Waals surface area contributed by atoms with Gasteiger partial charge in [0.15, 0.2) is 0 Å². The smallest absolute Gasteiger partial charge is 0.334 e. The van der Waals surface area contributed by atoms with Crippen LogP contribution in [0.15, 0.2) is 12.2 Å². The van der Waals surface area contributed by atoms with Crippen molar-refractivity contribution in [2.45, 2.75) is 18.9 Å². The molecule has 0 aromatic carbocycles. The standard InChI is InChI=1S/C8H13NO2/c1-6(8(10)11-2)7-4-3-5-9-7/h7,9H,1,3-5H2,2H3. The van der Waals surface area contributed by atoms with Crippen molar-refractivity contribution in [2.24, 2.45) is 0 Å². The third kappa shape index (κ3) is 1.80. The van der Waals surface area contributed by atoms with Gasteiger partial charge in [0.05, 0.1) is 7.11 Å². The first-order valence-electron chi connectivity index (χ1n) is 3.76. The minimum Gasteiger partial charge on any atom is -0.466 e. The first kappa shape index (κ1) is 8.27. The van der Waals surface area contributed by atoms with Crippen LogP contribution >= 0.6 is 0 Å². The highest BCUT2D eigenvalue weighted by Crippen LogP contribution is 2.13. The van der Waals surface area contributed by atoms with Crippen molar-refractivity contribution < 1.29 is 9.53 Å². The second-order valence-electron chi connectivity index (χ2n) is 2.67. The van der Waals surface area contributed by atoms with E-state index in [1.165, 1.54) is 7.11 Å². The van der Waals surface area contributed by atoms with Gasteiger partial charge in [0, 0.05) is 11.6 Å². The zero-order chi connectivity index (χ0) is 8.27. The Morgan fingerprint density at radius 1 is 1.73 bits per heavy atom. The van der Waals surface area contributed by atoms with Crippen LogP contribution in [0.2, 0.25) is 0 Å². The molecule has 0 amide bonds. The lowest BCUT2D eigenvalue weighted by molar-refractivity contribution is -0.136. The van der Waals surface area contributed by atoms with Crippen LogP contribution < -0.4 is 5.32 Å². The zero-order valence-electron chi connectivity index (χ0n) is 6.72. The van der Waals surface area contributed by atoms with E-state index in [0.717, 1.165) is 19.4 Å². The molecule has 1 heterocycles. The van der Waals surface area contributed by atoms with Gasteiger partial charge in [-0.25, -0.2) is 4.79 Å². The van der Waals surface area contributed by atoms with Crippen LogP contribution in [0, 0.1) is 0 Å². The molecule has 1 aliphatic rings. The number of nitrogens with one attached hydrogen (secondary N) is 1. The highest BCUT2D eigenvalue weighted by atomic mass is 16.5. The van der Waals surface area contributed by atoms with Crippen molar-refractivity contribution in [1.29, 1.82) is 0 Å². The van der Waals surface area contributed by atoms with Gasteiger partial charge in [-0.15, -0.1) is 0 Å². The first-order chi connectivity index (χ1) is 5.25. The topological polar surface area (TPSA) is 38.3 Å². The van der Waals surface area contributed by atoms with E-state index in [1.807, 2.05) is 0 Å². The number of methoxy groups -OCH3 is 1. The molecule has 1 N–H and O–H groups in total. The summed E-state index contributed by atoms with van der Waals surface area (Å²) in [5, 5.41) is 3.17. The molecule has 3 nitrogen and oxygen atoms in total. The van der Waals surface area contributed by atoms with Crippen molar-refractivity contribution >= 4 is 5.97 Å². The highest BCUT2D eigenvalue weighted by molar-refractivity contribution is 5.89. The fourth-order valence-electron chi connectivity index (χ4n) is 1.26. The molecular formula is C8H13NO2. The lowest BCUT2D eigenvalue weighted by Gasteiger charge is -2.10. The summed E-state index contributed by atoms with van der Waals surface area (Å²) in [6.07, 6.45) is 2.11. The summed E-state index contributed by atoms with van der Waals surface area (Å²) in [6, 6.07) is 0.141. The Labute approximate surface area is 66.4 Å². The zero-order valence-corrected chi connectivity index (χ0v) is 6.72. The van der Waals surface area contributed by atoms with E-state index in [1.54, 1.807) is 0 Å². The van der Waals surface area contributed by atoms with E-state index in [0.29, 0.717) is 5.57 Å². The van der Waals surface area contributed by atoms with E-state index in [2.05, 4.69) is 16.6 Å². The molecule has 0 aromatic heterocycles. The maximum absolute atomic E-state index is 10.9. The molecule has 0 bridgehead atoms. The van der Waals surface area contributed by atoms with Gasteiger partial charge in [-0.3, -0.25) is 0 Å². The summed E-state index contributed by atoms with van der Waals surface area (Å²) in [7, 11) is 1.38. The summed E-state index contributed by atoms with van der Waals surface area (Å²) in [4.78, 5) is 10.9. The van der Waals surface area contributed by atoms with Gasteiger partial charge in [0.2, 0.25) is 0 Å². The maximum atomic E-state index is 10.9. The summed E-state index contributed by atoms with van der Waals surface area (Å²) in [5.74, 6) is -0.301. The third-order valence-corrected chi connectivity index (χ3v) is 1.93. The van der Waals surface area contributed by atoms with E-state index < -0.39 is 0 Å². The molecule has 1 aliphatic heterocycles. The molecule has 0 aliphatic carbocycles. The minimum atomic E-state index is -0.301. The average Bonchev–Trinajstić information content (AvgIpc) is 2.53. The molecule has 0 aromatic rings. The Hall–Kier alpha value is -0.830. The Balaban J connectivity index is 2.46. The van der Waals surface area contributed by atoms with Crippen LogP contribution in [0.3, 0.4) is 0 Å². The molecule has 0 saturated carbocycles. The van der Waals surface area contributed by atoms with Crippen molar-refractivity contribution in [3.63, 3.8) is 0 Å². The second kappa shape index (κ2) is 3.53. The summed E-state index contributed by atoms with van der Waals surface area (Å²) < 4.78 is 4.55. The molecule has 1 atom stereocenters. The predicted molar refractivity (Wildman–Crippen MR) is 42.2 cm³/mol. The first-order valence-corrected chi connectivity index (χ1v) is 3.76. The Kier molecular flexibility index (Phi) is 2.65. The van der Waals surface area contributed by atoms with Crippen molar-refractivity contribution in [2.75, 3.05) is 13.7 Å². The number of carbonyl (C=O) groups is 1. The number of ether oxygens (including phenoxy) is 1. The molecule has 0 spiro atoms. The van der Waals surface area contributed by atoms with Crippen molar-refractivity contribution in [3.05, 3.63) is 12.2 Å². The van der Waals surface area contributed by atoms with Crippen LogP contribution in [0.25, 0.3) is 0 Å². The van der Waals surface area contributed by atoms with E-state index in [-0.39, 0.29) is 12.0 Å². The quantitative estimate of drug-likeness (QED) is 0.465. The van der Waals surface area contributed by atoms with Gasteiger partial charge in [0.25, 0.3) is 0 Å². The van der Waals surface area contributed by atoms with Crippen molar-refractivity contribution in [1.82, 2.24) is 5.32 Å². The van der Waals surface area contributed by atoms with Crippen LogP contribution in [0.1, 0.15) is 12.8 Å². The third-order valence-electron chi connectivity index (χ3n) is 1.93. The van der Waals surface area contributed by atoms with Gasteiger partial charge in [-0.1, -0.05) is 6.58 Å². The number of esters is 1. The SMILES string of the molecule is C=C(C(=O)OC)C1CCCN1. The largest absolute Gasteiger partial charge is 0.466 e. The summed E-state index contributed by atoms with van der Waals surface area (Å²) >= 11 is 0. The van der Waals surface area contributed by atoms with Gasteiger partial charge in [-0.2, -0.15) is 0 Å². The van der Waals surface area contributed by atoms with E-state index in [4.69, 9.17) is 0 Å². The fraction of sp³-hybridized carbons (Fsp3) is 0.625. The van der Waals surface area contributed by atoms with Crippen LogP contribution in [0.5, 0.6) is 0 Å². The molecule has 1 unspecified atom stereocenters. The second-order valence-corrected chi connectivity index (χ2v) is 2.67. The van der Waals surface area contributed by atoms with Crippen LogP contribution in [0.4, 0.5) is 0 Å². The molecule has 1 rings (SSSR count). The van der Waals surface area contributed by atoms with Gasteiger partial charge in [0.1, 0.15) is 0 Å². The minimum absolute atomic E-state index is 0.141. The fourth-order valence-corrected chi connectivity index (χ4v) is 1.26. The van der Waals surface area contributed by atoms with E-state index in [9.17, 15) is 4.79 Å². The predicted octanol–water partition coefficient (Wildman–Crippen LogP) is 0.468. The summed E-state index contributed by atoms with van der Waals surface area (Å²) in [6.45, 7) is 4.64. The van der Waals surface area contributed by atoms with E-state index >= 15 is 0 Å². The lowest BCUT2D eigenvalue weighted by Crippen LogP contribution is -2.27. The number of carbonyl (C=O) groups excluding carboxylic acids is 1. The molecule has 3 heteroatoms. The number of hydrogen-bond donors (Lipinski definition) is 1. The van der Waals surface area contributed by atoms with Crippen LogP contribution in [-0.4, -0.2) is 25.7 Å². The number of rotatable bonds is 2. The molecule has 62 valence electrons. The van der Waals surface area contributed by atoms with Gasteiger partial charge >= 0.3 is 5.97 Å². The molecular weight excluding hydrogens is 142 g/mol. The maximum Gasteiger partial charge on any atom is 0.334 e. The Bertz CT molecular complexity index is 171. The molecule has 1 fully saturated rings. The Morgan fingerprint density at radius 3 is 2.91 bits per heavy atom. The average molecular weight is 155 g/mol. The van der Waals surface area contributed by atoms with Gasteiger partial charge < -0.3 is 10.1 Å². The highest BCUT2D eigenvalue weighted by Gasteiger charge is 2.22. The molecule has 0 radical (unpaired) electrons. The van der Waals surface area contributed by atoms with Gasteiger partial charge in [-0.05, 0) is 19.4 Å². The molecule has 1 saturated heterocycles. The van der Waals surface area contributed by atoms with Crippen LogP contribution in [-0.2, 0) is 9.53 Å². The van der Waals surface area contributed by atoms with Crippen molar-refractivity contribution in [3.8, 4) is 0 Å². The lowest BCUT2D eigenvalue weighted by atomic mass is 10.1. The monoisotopic (exact) mass is 155 g/mol. The number of hydrogen-bond acceptors (Lipinski definition) is 3. The molecule has 11 heavy (non-hydrogen) atoms. The normalized spacial score (nSPS) is 23.2. The summed E-state index contributed by atoms with van der Waals surface area (Å²) in [5.41, 5.74) is 0.546.